The summed E-state index contributed by atoms with van der Waals surface area (Å²) in [6, 6.07) is 12.1. The van der Waals surface area contributed by atoms with Gasteiger partial charge in [-0.1, -0.05) is 41.9 Å². The van der Waals surface area contributed by atoms with E-state index in [0.717, 1.165) is 11.6 Å². The molecule has 0 aliphatic rings. The maximum absolute atomic E-state index is 11.9. The highest BCUT2D eigenvalue weighted by Gasteiger charge is 2.18. The van der Waals surface area contributed by atoms with E-state index in [0.29, 0.717) is 0 Å². The van der Waals surface area contributed by atoms with E-state index in [1.807, 2.05) is 0 Å². The first-order valence-corrected chi connectivity index (χ1v) is 7.72. The van der Waals surface area contributed by atoms with Crippen LogP contribution < -0.4 is 5.32 Å². The quantitative estimate of drug-likeness (QED) is 0.469. The van der Waals surface area contributed by atoms with Gasteiger partial charge >= 0.3 is 5.97 Å². The van der Waals surface area contributed by atoms with Gasteiger partial charge in [-0.25, -0.2) is 4.79 Å². The van der Waals surface area contributed by atoms with Gasteiger partial charge in [0.15, 0.2) is 6.61 Å². The van der Waals surface area contributed by atoms with Crippen LogP contribution in [0.4, 0.5) is 5.69 Å². The number of hydrogen-bond acceptors (Lipinski definition) is 6. The number of esters is 1. The second kappa shape index (κ2) is 8.72. The summed E-state index contributed by atoms with van der Waals surface area (Å²) in [7, 11) is 0. The van der Waals surface area contributed by atoms with Crippen LogP contribution in [-0.4, -0.2) is 29.3 Å². The number of nitro groups is 1. The number of benzene rings is 2. The third-order valence-corrected chi connectivity index (χ3v) is 3.52. The predicted octanol–water partition coefficient (Wildman–Crippen LogP) is 2.29. The van der Waals surface area contributed by atoms with Gasteiger partial charge in [-0.15, -0.1) is 0 Å². The van der Waals surface area contributed by atoms with Gasteiger partial charge < -0.3 is 4.74 Å². The molecule has 0 bridgehead atoms. The van der Waals surface area contributed by atoms with Crippen molar-refractivity contribution < 1.29 is 24.0 Å². The lowest BCUT2D eigenvalue weighted by Crippen LogP contribution is -2.35. The second-order valence-electron chi connectivity index (χ2n) is 5.13. The number of hydrogen-bond donors (Lipinski definition) is 1. The number of nitro benzene ring substituents is 1. The molecule has 0 saturated carbocycles. The Hall–Kier alpha value is -3.26. The molecule has 8 nitrogen and oxygen atoms in total. The molecule has 134 valence electrons. The van der Waals surface area contributed by atoms with Crippen molar-refractivity contribution in [2.45, 2.75) is 6.42 Å². The summed E-state index contributed by atoms with van der Waals surface area (Å²) in [5.74, 6) is -2.29. The molecule has 0 saturated heterocycles. The van der Waals surface area contributed by atoms with Gasteiger partial charge in [0.25, 0.3) is 11.6 Å². The van der Waals surface area contributed by atoms with Crippen LogP contribution in [0.15, 0.2) is 48.5 Å². The zero-order chi connectivity index (χ0) is 19.1. The molecular formula is C17H13ClN2O6. The fourth-order valence-electron chi connectivity index (χ4n) is 2.01. The van der Waals surface area contributed by atoms with E-state index in [4.69, 9.17) is 16.3 Å². The van der Waals surface area contributed by atoms with Crippen molar-refractivity contribution in [3.8, 4) is 0 Å². The van der Waals surface area contributed by atoms with Gasteiger partial charge in [-0.05, 0) is 17.7 Å². The highest BCUT2D eigenvalue weighted by Crippen LogP contribution is 2.25. The van der Waals surface area contributed by atoms with Crippen molar-refractivity contribution in [2.75, 3.05) is 6.61 Å². The predicted molar refractivity (Wildman–Crippen MR) is 91.7 cm³/mol. The van der Waals surface area contributed by atoms with Gasteiger partial charge in [0.05, 0.1) is 16.9 Å². The number of carbonyl (C=O) groups is 3. The van der Waals surface area contributed by atoms with Crippen molar-refractivity contribution in [2.24, 2.45) is 0 Å². The van der Waals surface area contributed by atoms with Gasteiger partial charge in [-0.3, -0.25) is 25.0 Å². The highest BCUT2D eigenvalue weighted by molar-refractivity contribution is 6.32. The standard InChI is InChI=1S/C17H13ClN2O6/c18-13-7-6-12(9-14(13)20(24)25)17(23)26-10-16(22)19-15(21)8-11-4-2-1-3-5-11/h1-7,9H,8,10H2,(H,19,21,22). The minimum atomic E-state index is -0.949. The molecule has 0 aliphatic carbocycles. The molecule has 26 heavy (non-hydrogen) atoms. The zero-order valence-electron chi connectivity index (χ0n) is 13.3. The number of ether oxygens (including phenoxy) is 1. The topological polar surface area (TPSA) is 116 Å². The van der Waals surface area contributed by atoms with Crippen LogP contribution in [0.25, 0.3) is 0 Å². The fourth-order valence-corrected chi connectivity index (χ4v) is 2.20. The van der Waals surface area contributed by atoms with Crippen molar-refractivity contribution in [1.29, 1.82) is 0 Å². The molecule has 0 aliphatic heterocycles. The Balaban J connectivity index is 1.87. The number of carbonyl (C=O) groups excluding carboxylic acids is 3. The number of rotatable bonds is 6. The Morgan fingerprint density at radius 3 is 2.42 bits per heavy atom. The van der Waals surface area contributed by atoms with Crippen molar-refractivity contribution in [1.82, 2.24) is 5.32 Å². The van der Waals surface area contributed by atoms with Gasteiger partial charge in [0.2, 0.25) is 5.91 Å². The summed E-state index contributed by atoms with van der Waals surface area (Å²) in [6.07, 6.45) is 0.00387. The second-order valence-corrected chi connectivity index (χ2v) is 5.54. The molecule has 9 heteroatoms. The van der Waals surface area contributed by atoms with E-state index < -0.39 is 35.0 Å². The van der Waals surface area contributed by atoms with E-state index in [1.165, 1.54) is 12.1 Å². The molecule has 2 amide bonds. The van der Waals surface area contributed by atoms with E-state index in [2.05, 4.69) is 5.32 Å². The Morgan fingerprint density at radius 2 is 1.77 bits per heavy atom. The normalized spacial score (nSPS) is 10.0. The SMILES string of the molecule is O=C(COC(=O)c1ccc(Cl)c([N+](=O)[O-])c1)NC(=O)Cc1ccccc1. The smallest absolute Gasteiger partial charge is 0.338 e. The maximum atomic E-state index is 11.9. The van der Waals surface area contributed by atoms with E-state index >= 15 is 0 Å². The van der Waals surface area contributed by atoms with Crippen LogP contribution in [0, 0.1) is 10.1 Å². The number of imide groups is 1. The molecule has 2 aromatic rings. The van der Waals surface area contributed by atoms with Crippen LogP contribution in [0.3, 0.4) is 0 Å². The summed E-state index contributed by atoms with van der Waals surface area (Å²) < 4.78 is 4.75. The zero-order valence-corrected chi connectivity index (χ0v) is 14.1. The fraction of sp³-hybridized carbons (Fsp3) is 0.118. The van der Waals surface area contributed by atoms with E-state index in [-0.39, 0.29) is 17.0 Å². The summed E-state index contributed by atoms with van der Waals surface area (Å²) in [5.41, 5.74) is 0.136. The third-order valence-electron chi connectivity index (χ3n) is 3.20. The summed E-state index contributed by atoms with van der Waals surface area (Å²) in [5, 5.41) is 12.8. The lowest BCUT2D eigenvalue weighted by atomic mass is 10.1. The van der Waals surface area contributed by atoms with Crippen molar-refractivity contribution >= 4 is 35.1 Å². The molecule has 0 aromatic heterocycles. The third kappa shape index (κ3) is 5.38. The lowest BCUT2D eigenvalue weighted by Gasteiger charge is -2.06. The van der Waals surface area contributed by atoms with Gasteiger partial charge in [-0.2, -0.15) is 0 Å². The molecule has 0 fully saturated rings. The molecule has 0 unspecified atom stereocenters. The van der Waals surface area contributed by atoms with Crippen LogP contribution in [0.5, 0.6) is 0 Å². The monoisotopic (exact) mass is 376 g/mol. The number of halogens is 1. The Bertz CT molecular complexity index is 854. The number of nitrogens with one attached hydrogen (secondary N) is 1. The van der Waals surface area contributed by atoms with Crippen LogP contribution >= 0.6 is 11.6 Å². The van der Waals surface area contributed by atoms with E-state index in [1.54, 1.807) is 30.3 Å². The molecule has 0 atom stereocenters. The van der Waals surface area contributed by atoms with Crippen LogP contribution in [0.1, 0.15) is 15.9 Å². The summed E-state index contributed by atoms with van der Waals surface area (Å²) in [6.45, 7) is -0.699. The van der Waals surface area contributed by atoms with Crippen LogP contribution in [-0.2, 0) is 20.7 Å². The van der Waals surface area contributed by atoms with Crippen LogP contribution in [0.2, 0.25) is 5.02 Å². The Kier molecular flexibility index (Phi) is 6.40. The Morgan fingerprint density at radius 1 is 1.08 bits per heavy atom. The molecule has 2 rings (SSSR count). The Labute approximate surface area is 152 Å². The van der Waals surface area contributed by atoms with Gasteiger partial charge in [0, 0.05) is 6.07 Å². The minimum absolute atomic E-state index is 0.00387. The largest absolute Gasteiger partial charge is 0.452 e. The lowest BCUT2D eigenvalue weighted by molar-refractivity contribution is -0.384. The molecule has 0 radical (unpaired) electrons. The van der Waals surface area contributed by atoms with E-state index in [9.17, 15) is 24.5 Å². The first-order valence-electron chi connectivity index (χ1n) is 7.34. The first-order chi connectivity index (χ1) is 12.4. The highest BCUT2D eigenvalue weighted by atomic mass is 35.5. The molecule has 2 aromatic carbocycles. The van der Waals surface area contributed by atoms with Gasteiger partial charge in [0.1, 0.15) is 5.02 Å². The van der Waals surface area contributed by atoms with Crippen molar-refractivity contribution in [3.63, 3.8) is 0 Å². The maximum Gasteiger partial charge on any atom is 0.338 e. The average Bonchev–Trinajstić information content (AvgIpc) is 2.60. The molecule has 0 spiro atoms. The molecule has 0 heterocycles. The average molecular weight is 377 g/mol. The minimum Gasteiger partial charge on any atom is -0.452 e. The molecule has 1 N–H and O–H groups in total. The molecular weight excluding hydrogens is 364 g/mol. The first kappa shape index (κ1) is 19.1. The number of nitrogens with zero attached hydrogens (tertiary/aromatic N) is 1. The number of amides is 2. The van der Waals surface area contributed by atoms with Crippen molar-refractivity contribution in [3.05, 3.63) is 74.8 Å². The summed E-state index contributed by atoms with van der Waals surface area (Å²) >= 11 is 5.65. The summed E-state index contributed by atoms with van der Waals surface area (Å²) in [4.78, 5) is 45.3.